The SMILES string of the molecule is CC1CCN(CCNc2ccc(N)cn2)CC1. The highest BCUT2D eigenvalue weighted by Gasteiger charge is 2.14. The number of likely N-dealkylation sites (tertiary alicyclic amines) is 1. The molecule has 3 N–H and O–H groups in total. The Morgan fingerprint density at radius 2 is 2.18 bits per heavy atom. The van der Waals surface area contributed by atoms with Gasteiger partial charge in [-0.05, 0) is 44.0 Å². The highest BCUT2D eigenvalue weighted by molar-refractivity contribution is 5.43. The van der Waals surface area contributed by atoms with E-state index in [1.54, 1.807) is 6.20 Å². The minimum absolute atomic E-state index is 0.709. The molecular formula is C13H22N4. The zero-order chi connectivity index (χ0) is 12.1. The molecule has 0 aromatic carbocycles. The Bertz CT molecular complexity index is 328. The molecule has 0 radical (unpaired) electrons. The first-order valence-corrected chi connectivity index (χ1v) is 6.42. The van der Waals surface area contributed by atoms with E-state index >= 15 is 0 Å². The number of rotatable bonds is 4. The predicted molar refractivity (Wildman–Crippen MR) is 72.0 cm³/mol. The summed E-state index contributed by atoms with van der Waals surface area (Å²) in [6.07, 6.45) is 4.35. The first kappa shape index (κ1) is 12.2. The number of pyridine rings is 1. The van der Waals surface area contributed by atoms with Crippen molar-refractivity contribution in [1.82, 2.24) is 9.88 Å². The van der Waals surface area contributed by atoms with Crippen molar-refractivity contribution in [2.45, 2.75) is 19.8 Å². The van der Waals surface area contributed by atoms with Gasteiger partial charge in [-0.25, -0.2) is 4.98 Å². The van der Waals surface area contributed by atoms with Crippen LogP contribution in [0.5, 0.6) is 0 Å². The van der Waals surface area contributed by atoms with Gasteiger partial charge in [0, 0.05) is 13.1 Å². The Hall–Kier alpha value is -1.29. The summed E-state index contributed by atoms with van der Waals surface area (Å²) in [7, 11) is 0. The largest absolute Gasteiger partial charge is 0.397 e. The topological polar surface area (TPSA) is 54.2 Å². The maximum absolute atomic E-state index is 5.59. The lowest BCUT2D eigenvalue weighted by atomic mass is 9.99. The molecule has 1 aliphatic rings. The second-order valence-corrected chi connectivity index (χ2v) is 4.93. The van der Waals surface area contributed by atoms with Crippen LogP contribution >= 0.6 is 0 Å². The van der Waals surface area contributed by atoms with Gasteiger partial charge in [-0.15, -0.1) is 0 Å². The lowest BCUT2D eigenvalue weighted by Gasteiger charge is -2.30. The average Bonchev–Trinajstić information content (AvgIpc) is 2.34. The van der Waals surface area contributed by atoms with Crippen LogP contribution in [0, 0.1) is 5.92 Å². The third-order valence-electron chi connectivity index (χ3n) is 3.40. The Balaban J connectivity index is 1.67. The minimum atomic E-state index is 0.709. The van der Waals surface area contributed by atoms with E-state index in [0.29, 0.717) is 5.69 Å². The molecule has 94 valence electrons. The molecular weight excluding hydrogens is 212 g/mol. The van der Waals surface area contributed by atoms with Crippen molar-refractivity contribution in [1.29, 1.82) is 0 Å². The highest BCUT2D eigenvalue weighted by atomic mass is 15.1. The maximum atomic E-state index is 5.59. The van der Waals surface area contributed by atoms with E-state index in [-0.39, 0.29) is 0 Å². The maximum Gasteiger partial charge on any atom is 0.126 e. The van der Waals surface area contributed by atoms with Crippen molar-refractivity contribution in [3.05, 3.63) is 18.3 Å². The Morgan fingerprint density at radius 1 is 1.41 bits per heavy atom. The molecule has 4 nitrogen and oxygen atoms in total. The molecule has 0 amide bonds. The third kappa shape index (κ3) is 3.89. The van der Waals surface area contributed by atoms with Crippen LogP contribution in [0.3, 0.4) is 0 Å². The number of hydrogen-bond acceptors (Lipinski definition) is 4. The molecule has 0 aliphatic carbocycles. The van der Waals surface area contributed by atoms with Gasteiger partial charge in [0.05, 0.1) is 11.9 Å². The lowest BCUT2D eigenvalue weighted by molar-refractivity contribution is 0.199. The molecule has 0 bridgehead atoms. The molecule has 2 rings (SSSR count). The van der Waals surface area contributed by atoms with Crippen molar-refractivity contribution in [2.24, 2.45) is 5.92 Å². The van der Waals surface area contributed by atoms with Crippen LogP contribution in [-0.2, 0) is 0 Å². The molecule has 1 fully saturated rings. The average molecular weight is 234 g/mol. The van der Waals surface area contributed by atoms with Crippen LogP contribution < -0.4 is 11.1 Å². The van der Waals surface area contributed by atoms with Gasteiger partial charge in [0.15, 0.2) is 0 Å². The molecule has 1 aromatic rings. The molecule has 0 atom stereocenters. The van der Waals surface area contributed by atoms with Crippen molar-refractivity contribution >= 4 is 11.5 Å². The molecule has 2 heterocycles. The standard InChI is InChI=1S/C13H22N4/c1-11-4-7-17(8-5-11)9-6-15-13-3-2-12(14)10-16-13/h2-3,10-11H,4-9,14H2,1H3,(H,15,16). The van der Waals surface area contributed by atoms with Crippen LogP contribution in [0.25, 0.3) is 0 Å². The fourth-order valence-corrected chi connectivity index (χ4v) is 2.14. The number of piperidine rings is 1. The van der Waals surface area contributed by atoms with Gasteiger partial charge in [-0.2, -0.15) is 0 Å². The molecule has 17 heavy (non-hydrogen) atoms. The second-order valence-electron chi connectivity index (χ2n) is 4.93. The molecule has 0 saturated carbocycles. The van der Waals surface area contributed by atoms with E-state index < -0.39 is 0 Å². The quantitative estimate of drug-likeness (QED) is 0.834. The van der Waals surface area contributed by atoms with Gasteiger partial charge >= 0.3 is 0 Å². The number of anilines is 2. The number of hydrogen-bond donors (Lipinski definition) is 2. The zero-order valence-electron chi connectivity index (χ0n) is 10.5. The fraction of sp³-hybridized carbons (Fsp3) is 0.615. The van der Waals surface area contributed by atoms with Gasteiger partial charge in [-0.1, -0.05) is 6.92 Å². The summed E-state index contributed by atoms with van der Waals surface area (Å²) in [5.41, 5.74) is 6.30. The van der Waals surface area contributed by atoms with Crippen molar-refractivity contribution < 1.29 is 0 Å². The van der Waals surface area contributed by atoms with Gasteiger partial charge in [-0.3, -0.25) is 0 Å². The molecule has 0 spiro atoms. The molecule has 1 aromatic heterocycles. The number of nitrogens with one attached hydrogen (secondary N) is 1. The summed E-state index contributed by atoms with van der Waals surface area (Å²) in [6, 6.07) is 3.80. The van der Waals surface area contributed by atoms with Crippen LogP contribution in [-0.4, -0.2) is 36.1 Å². The number of nitrogens with two attached hydrogens (primary N) is 1. The van der Waals surface area contributed by atoms with E-state index in [1.165, 1.54) is 25.9 Å². The van der Waals surface area contributed by atoms with Crippen molar-refractivity contribution in [2.75, 3.05) is 37.2 Å². The molecule has 1 saturated heterocycles. The van der Waals surface area contributed by atoms with Crippen molar-refractivity contribution in [3.8, 4) is 0 Å². The van der Waals surface area contributed by atoms with Gasteiger partial charge < -0.3 is 16.0 Å². The van der Waals surface area contributed by atoms with E-state index in [4.69, 9.17) is 5.73 Å². The van der Waals surface area contributed by atoms with Crippen LogP contribution in [0.1, 0.15) is 19.8 Å². The minimum Gasteiger partial charge on any atom is -0.397 e. The summed E-state index contributed by atoms with van der Waals surface area (Å²) in [6.45, 7) is 6.86. The molecule has 1 aliphatic heterocycles. The molecule has 0 unspecified atom stereocenters. The van der Waals surface area contributed by atoms with E-state index in [1.807, 2.05) is 12.1 Å². The first-order chi connectivity index (χ1) is 8.24. The number of nitrogen functional groups attached to an aromatic ring is 1. The predicted octanol–water partition coefficient (Wildman–Crippen LogP) is 1.81. The number of nitrogens with zero attached hydrogens (tertiary/aromatic N) is 2. The Kier molecular flexibility index (Phi) is 4.20. The summed E-state index contributed by atoms with van der Waals surface area (Å²) >= 11 is 0. The van der Waals surface area contributed by atoms with Gasteiger partial charge in [0.25, 0.3) is 0 Å². The Labute approximate surface area is 103 Å². The summed E-state index contributed by atoms with van der Waals surface area (Å²) < 4.78 is 0. The monoisotopic (exact) mass is 234 g/mol. The first-order valence-electron chi connectivity index (χ1n) is 6.42. The summed E-state index contributed by atoms with van der Waals surface area (Å²) in [5.74, 6) is 1.81. The highest BCUT2D eigenvalue weighted by Crippen LogP contribution is 2.15. The van der Waals surface area contributed by atoms with Crippen LogP contribution in [0.4, 0.5) is 11.5 Å². The number of aromatic nitrogens is 1. The van der Waals surface area contributed by atoms with Gasteiger partial charge in [0.1, 0.15) is 5.82 Å². The van der Waals surface area contributed by atoms with E-state index in [9.17, 15) is 0 Å². The normalized spacial score (nSPS) is 18.2. The summed E-state index contributed by atoms with van der Waals surface area (Å²) in [5, 5.41) is 3.32. The zero-order valence-corrected chi connectivity index (χ0v) is 10.5. The smallest absolute Gasteiger partial charge is 0.126 e. The fourth-order valence-electron chi connectivity index (χ4n) is 2.14. The second kappa shape index (κ2) is 5.87. The van der Waals surface area contributed by atoms with E-state index in [2.05, 4.69) is 22.1 Å². The van der Waals surface area contributed by atoms with Crippen LogP contribution in [0.15, 0.2) is 18.3 Å². The Morgan fingerprint density at radius 3 is 2.82 bits per heavy atom. The van der Waals surface area contributed by atoms with Crippen LogP contribution in [0.2, 0.25) is 0 Å². The molecule has 4 heteroatoms. The third-order valence-corrected chi connectivity index (χ3v) is 3.40. The van der Waals surface area contributed by atoms with Gasteiger partial charge in [0.2, 0.25) is 0 Å². The lowest BCUT2D eigenvalue weighted by Crippen LogP contribution is -2.36. The summed E-state index contributed by atoms with van der Waals surface area (Å²) in [4.78, 5) is 6.74. The van der Waals surface area contributed by atoms with Crippen molar-refractivity contribution in [3.63, 3.8) is 0 Å². The van der Waals surface area contributed by atoms with E-state index in [0.717, 1.165) is 24.8 Å².